The lowest BCUT2D eigenvalue weighted by Crippen LogP contribution is -2.50. The second-order valence-electron chi connectivity index (χ2n) is 4.81. The minimum atomic E-state index is -0.962. The average Bonchev–Trinajstić information content (AvgIpc) is 2.85. The molecule has 6 heteroatoms. The number of rotatable bonds is 5. The topological polar surface area (TPSA) is 84.9 Å². The van der Waals surface area contributed by atoms with Gasteiger partial charge in [-0.3, -0.25) is 9.59 Å². The van der Waals surface area contributed by atoms with E-state index >= 15 is 0 Å². The lowest BCUT2D eigenvalue weighted by atomic mass is 9.93. The molecule has 0 bridgehead atoms. The summed E-state index contributed by atoms with van der Waals surface area (Å²) in [6.45, 7) is 0.652. The fourth-order valence-electron chi connectivity index (χ4n) is 2.32. The molecule has 0 saturated carbocycles. The van der Waals surface area contributed by atoms with Crippen LogP contribution in [0.5, 0.6) is 5.75 Å². The number of para-hydroxylation sites is 1. The van der Waals surface area contributed by atoms with Gasteiger partial charge in [0.05, 0.1) is 31.2 Å². The molecular formula is C14H17NO5. The molecule has 1 aromatic rings. The molecule has 1 aliphatic heterocycles. The predicted molar refractivity (Wildman–Crippen MR) is 70.9 cm³/mol. The highest BCUT2D eigenvalue weighted by Crippen LogP contribution is 2.25. The van der Waals surface area contributed by atoms with Crippen molar-refractivity contribution in [1.29, 1.82) is 0 Å². The fraction of sp³-hybridized carbons (Fsp3) is 0.429. The number of methoxy groups -OCH3 is 1. The molecule has 2 N–H and O–H groups in total. The SMILES string of the molecule is COc1ccccc1C(=O)NC1(CC(=O)O)CCOC1. The van der Waals surface area contributed by atoms with Crippen LogP contribution in [0, 0.1) is 0 Å². The van der Waals surface area contributed by atoms with E-state index in [-0.39, 0.29) is 18.9 Å². The van der Waals surface area contributed by atoms with Gasteiger partial charge in [-0.05, 0) is 18.6 Å². The molecule has 1 unspecified atom stereocenters. The molecule has 0 aromatic heterocycles. The molecule has 0 spiro atoms. The summed E-state index contributed by atoms with van der Waals surface area (Å²) in [5.74, 6) is -0.862. The molecular weight excluding hydrogens is 262 g/mol. The van der Waals surface area contributed by atoms with Gasteiger partial charge in [-0.15, -0.1) is 0 Å². The van der Waals surface area contributed by atoms with Crippen LogP contribution in [0.2, 0.25) is 0 Å². The maximum atomic E-state index is 12.3. The summed E-state index contributed by atoms with van der Waals surface area (Å²) in [4.78, 5) is 23.3. The molecule has 1 fully saturated rings. The van der Waals surface area contributed by atoms with Crippen LogP contribution in [0.4, 0.5) is 0 Å². The van der Waals surface area contributed by atoms with Crippen LogP contribution in [-0.4, -0.2) is 42.8 Å². The molecule has 6 nitrogen and oxygen atoms in total. The normalized spacial score (nSPS) is 21.4. The Morgan fingerprint density at radius 2 is 2.20 bits per heavy atom. The first-order valence-corrected chi connectivity index (χ1v) is 6.31. The van der Waals surface area contributed by atoms with Crippen LogP contribution in [-0.2, 0) is 9.53 Å². The summed E-state index contributed by atoms with van der Waals surface area (Å²) in [7, 11) is 1.48. The Morgan fingerprint density at radius 3 is 2.80 bits per heavy atom. The summed E-state index contributed by atoms with van der Waals surface area (Å²) >= 11 is 0. The van der Waals surface area contributed by atoms with Crippen molar-refractivity contribution < 1.29 is 24.2 Å². The zero-order valence-corrected chi connectivity index (χ0v) is 11.2. The van der Waals surface area contributed by atoms with Crippen molar-refractivity contribution in [3.63, 3.8) is 0 Å². The Balaban J connectivity index is 2.18. The summed E-state index contributed by atoms with van der Waals surface area (Å²) in [6, 6.07) is 6.82. The number of amides is 1. The number of benzene rings is 1. The number of nitrogens with one attached hydrogen (secondary N) is 1. The molecule has 1 heterocycles. The van der Waals surface area contributed by atoms with Crippen molar-refractivity contribution in [2.24, 2.45) is 0 Å². The van der Waals surface area contributed by atoms with E-state index in [2.05, 4.69) is 5.32 Å². The van der Waals surface area contributed by atoms with E-state index in [4.69, 9.17) is 14.6 Å². The quantitative estimate of drug-likeness (QED) is 0.841. The highest BCUT2D eigenvalue weighted by Gasteiger charge is 2.39. The minimum Gasteiger partial charge on any atom is -0.496 e. The number of carbonyl (C=O) groups excluding carboxylic acids is 1. The van der Waals surface area contributed by atoms with E-state index in [0.29, 0.717) is 24.3 Å². The maximum Gasteiger partial charge on any atom is 0.305 e. The Kier molecular flexibility index (Phi) is 4.24. The Morgan fingerprint density at radius 1 is 1.45 bits per heavy atom. The Hall–Kier alpha value is -2.08. The van der Waals surface area contributed by atoms with Gasteiger partial charge in [-0.1, -0.05) is 12.1 Å². The molecule has 0 radical (unpaired) electrons. The number of hydrogen-bond acceptors (Lipinski definition) is 4. The van der Waals surface area contributed by atoms with E-state index < -0.39 is 11.5 Å². The highest BCUT2D eigenvalue weighted by molar-refractivity contribution is 5.97. The molecule has 1 amide bonds. The predicted octanol–water partition coefficient (Wildman–Crippen LogP) is 1.06. The molecule has 0 aliphatic carbocycles. The number of carboxylic acids is 1. The number of carboxylic acid groups (broad SMARTS) is 1. The number of hydrogen-bond donors (Lipinski definition) is 2. The highest BCUT2D eigenvalue weighted by atomic mass is 16.5. The molecule has 20 heavy (non-hydrogen) atoms. The second-order valence-corrected chi connectivity index (χ2v) is 4.81. The van der Waals surface area contributed by atoms with Gasteiger partial charge < -0.3 is 19.9 Å². The first-order chi connectivity index (χ1) is 9.56. The van der Waals surface area contributed by atoms with Gasteiger partial charge in [0.1, 0.15) is 5.75 Å². The lowest BCUT2D eigenvalue weighted by Gasteiger charge is -2.27. The number of aliphatic carboxylic acids is 1. The lowest BCUT2D eigenvalue weighted by molar-refractivity contribution is -0.138. The first kappa shape index (κ1) is 14.3. The standard InChI is InChI=1S/C14H17NO5/c1-19-11-5-3-2-4-10(11)13(18)15-14(8-12(16)17)6-7-20-9-14/h2-5H,6-9H2,1H3,(H,15,18)(H,16,17). The summed E-state index contributed by atoms with van der Waals surface area (Å²) in [6.07, 6.45) is 0.327. The molecule has 2 rings (SSSR count). The molecule has 108 valence electrons. The summed E-state index contributed by atoms with van der Waals surface area (Å²) < 4.78 is 10.4. The van der Waals surface area contributed by atoms with Crippen molar-refractivity contribution >= 4 is 11.9 Å². The van der Waals surface area contributed by atoms with Crippen LogP contribution >= 0.6 is 0 Å². The Labute approximate surface area is 116 Å². The van der Waals surface area contributed by atoms with Crippen molar-refractivity contribution in [1.82, 2.24) is 5.32 Å². The smallest absolute Gasteiger partial charge is 0.305 e. The van der Waals surface area contributed by atoms with E-state index in [0.717, 1.165) is 0 Å². The van der Waals surface area contributed by atoms with E-state index in [1.807, 2.05) is 0 Å². The second kappa shape index (κ2) is 5.92. The number of ether oxygens (including phenoxy) is 2. The Bertz CT molecular complexity index is 508. The van der Waals surface area contributed by atoms with Gasteiger partial charge in [0.15, 0.2) is 0 Å². The van der Waals surface area contributed by atoms with Gasteiger partial charge >= 0.3 is 5.97 Å². The largest absolute Gasteiger partial charge is 0.496 e. The van der Waals surface area contributed by atoms with Crippen LogP contribution in [0.3, 0.4) is 0 Å². The van der Waals surface area contributed by atoms with Gasteiger partial charge in [0, 0.05) is 6.61 Å². The minimum absolute atomic E-state index is 0.159. The third kappa shape index (κ3) is 3.08. The molecule has 1 saturated heterocycles. The third-order valence-electron chi connectivity index (χ3n) is 3.32. The molecule has 1 aromatic carbocycles. The van der Waals surface area contributed by atoms with Gasteiger partial charge in [0.2, 0.25) is 0 Å². The fourth-order valence-corrected chi connectivity index (χ4v) is 2.32. The van der Waals surface area contributed by atoms with E-state index in [1.54, 1.807) is 24.3 Å². The monoisotopic (exact) mass is 279 g/mol. The van der Waals surface area contributed by atoms with Crippen LogP contribution in [0.25, 0.3) is 0 Å². The molecule has 1 atom stereocenters. The molecule has 1 aliphatic rings. The van der Waals surface area contributed by atoms with Gasteiger partial charge in [-0.2, -0.15) is 0 Å². The van der Waals surface area contributed by atoms with Crippen LogP contribution in [0.15, 0.2) is 24.3 Å². The van der Waals surface area contributed by atoms with Crippen molar-refractivity contribution in [3.05, 3.63) is 29.8 Å². The zero-order valence-electron chi connectivity index (χ0n) is 11.2. The third-order valence-corrected chi connectivity index (χ3v) is 3.32. The zero-order chi connectivity index (χ0) is 14.6. The van der Waals surface area contributed by atoms with E-state index in [9.17, 15) is 9.59 Å². The van der Waals surface area contributed by atoms with Gasteiger partial charge in [-0.25, -0.2) is 0 Å². The summed E-state index contributed by atoms with van der Waals surface area (Å²) in [5, 5.41) is 11.8. The average molecular weight is 279 g/mol. The number of carbonyl (C=O) groups is 2. The van der Waals surface area contributed by atoms with Gasteiger partial charge in [0.25, 0.3) is 5.91 Å². The van der Waals surface area contributed by atoms with E-state index in [1.165, 1.54) is 7.11 Å². The first-order valence-electron chi connectivity index (χ1n) is 6.31. The van der Waals surface area contributed by atoms with Crippen LogP contribution in [0.1, 0.15) is 23.2 Å². The summed E-state index contributed by atoms with van der Waals surface area (Å²) in [5.41, 5.74) is -0.462. The van der Waals surface area contributed by atoms with Crippen molar-refractivity contribution in [2.75, 3.05) is 20.3 Å². The van der Waals surface area contributed by atoms with Crippen LogP contribution < -0.4 is 10.1 Å². The van der Waals surface area contributed by atoms with Crippen molar-refractivity contribution in [2.45, 2.75) is 18.4 Å². The maximum absolute atomic E-state index is 12.3. The van der Waals surface area contributed by atoms with Crippen molar-refractivity contribution in [3.8, 4) is 5.75 Å².